The molecule has 0 aliphatic heterocycles. The third-order valence-electron chi connectivity index (χ3n) is 3.70. The van der Waals surface area contributed by atoms with Gasteiger partial charge in [0.15, 0.2) is 0 Å². The highest BCUT2D eigenvalue weighted by Gasteiger charge is 2.20. The first-order valence-electron chi connectivity index (χ1n) is 6.10. The van der Waals surface area contributed by atoms with Gasteiger partial charge in [-0.2, -0.15) is 5.26 Å². The molecule has 1 saturated carbocycles. The van der Waals surface area contributed by atoms with Gasteiger partial charge in [0, 0.05) is 23.3 Å². The normalized spacial score (nSPS) is 16.4. The first-order valence-corrected chi connectivity index (χ1v) is 6.10. The van der Waals surface area contributed by atoms with Gasteiger partial charge in [0.1, 0.15) is 6.07 Å². The third-order valence-corrected chi connectivity index (χ3v) is 3.70. The Balaban J connectivity index is 2.23. The van der Waals surface area contributed by atoms with Crippen LogP contribution in [0.25, 0.3) is 10.9 Å². The van der Waals surface area contributed by atoms with Gasteiger partial charge in [-0.25, -0.2) is 0 Å². The van der Waals surface area contributed by atoms with E-state index >= 15 is 0 Å². The minimum absolute atomic E-state index is 0.543. The van der Waals surface area contributed by atoms with Crippen molar-refractivity contribution in [2.45, 2.75) is 31.7 Å². The number of hydrogen-bond acceptors (Lipinski definition) is 2. The van der Waals surface area contributed by atoms with E-state index in [1.54, 1.807) is 0 Å². The predicted molar refractivity (Wildman–Crippen MR) is 68.6 cm³/mol. The van der Waals surface area contributed by atoms with Crippen LogP contribution >= 0.6 is 0 Å². The van der Waals surface area contributed by atoms with Gasteiger partial charge in [-0.15, -0.1) is 0 Å². The zero-order valence-electron chi connectivity index (χ0n) is 9.69. The summed E-state index contributed by atoms with van der Waals surface area (Å²) in [5.74, 6) is 0. The summed E-state index contributed by atoms with van der Waals surface area (Å²) in [5.41, 5.74) is 8.47. The summed E-state index contributed by atoms with van der Waals surface area (Å²) >= 11 is 0. The van der Waals surface area contributed by atoms with Crippen LogP contribution in [-0.4, -0.2) is 4.57 Å². The van der Waals surface area contributed by atoms with E-state index in [0.717, 1.165) is 22.2 Å². The number of fused-ring (bicyclic) bond motifs is 1. The molecule has 2 N–H and O–H groups in total. The Labute approximate surface area is 100 Å². The quantitative estimate of drug-likeness (QED) is 0.757. The summed E-state index contributed by atoms with van der Waals surface area (Å²) in [6, 6.07) is 8.61. The van der Waals surface area contributed by atoms with E-state index in [0.29, 0.717) is 6.04 Å². The van der Waals surface area contributed by atoms with E-state index in [9.17, 15) is 0 Å². The summed E-state index contributed by atoms with van der Waals surface area (Å²) in [7, 11) is 0. The van der Waals surface area contributed by atoms with Crippen molar-refractivity contribution in [3.8, 4) is 6.07 Å². The van der Waals surface area contributed by atoms with Crippen molar-refractivity contribution >= 4 is 16.6 Å². The minimum atomic E-state index is 0.543. The van der Waals surface area contributed by atoms with Crippen LogP contribution in [0, 0.1) is 11.3 Å². The van der Waals surface area contributed by atoms with Crippen LogP contribution in [0.15, 0.2) is 24.4 Å². The maximum absolute atomic E-state index is 9.17. The lowest BCUT2D eigenvalue weighted by Crippen LogP contribution is -2.02. The molecule has 0 radical (unpaired) electrons. The molecule has 1 aliphatic rings. The smallest absolute Gasteiger partial charge is 0.101 e. The Hall–Kier alpha value is -1.95. The second-order valence-electron chi connectivity index (χ2n) is 4.78. The number of anilines is 1. The zero-order valence-corrected chi connectivity index (χ0v) is 9.69. The van der Waals surface area contributed by atoms with Crippen LogP contribution in [0.2, 0.25) is 0 Å². The summed E-state index contributed by atoms with van der Waals surface area (Å²) in [6.45, 7) is 0. The van der Waals surface area contributed by atoms with E-state index in [1.807, 2.05) is 24.4 Å². The van der Waals surface area contributed by atoms with E-state index in [2.05, 4.69) is 10.6 Å². The van der Waals surface area contributed by atoms with Crippen molar-refractivity contribution < 1.29 is 0 Å². The van der Waals surface area contributed by atoms with Crippen LogP contribution in [-0.2, 0) is 0 Å². The molecule has 1 heterocycles. The highest BCUT2D eigenvalue weighted by Crippen LogP contribution is 2.34. The number of nitrogens with zero attached hydrogens (tertiary/aromatic N) is 2. The molecule has 0 spiro atoms. The van der Waals surface area contributed by atoms with E-state index < -0.39 is 0 Å². The molecule has 0 atom stereocenters. The predicted octanol–water partition coefficient (Wildman–Crippen LogP) is 3.21. The van der Waals surface area contributed by atoms with Gasteiger partial charge in [-0.1, -0.05) is 12.8 Å². The number of nitriles is 1. The Morgan fingerprint density at radius 2 is 2.06 bits per heavy atom. The molecule has 1 fully saturated rings. The van der Waals surface area contributed by atoms with Gasteiger partial charge in [0.05, 0.1) is 11.1 Å². The molecule has 0 bridgehead atoms. The van der Waals surface area contributed by atoms with Crippen molar-refractivity contribution in [3.05, 3.63) is 30.0 Å². The summed E-state index contributed by atoms with van der Waals surface area (Å²) < 4.78 is 2.25. The zero-order chi connectivity index (χ0) is 11.8. The van der Waals surface area contributed by atoms with Gasteiger partial charge in [-0.05, 0) is 31.0 Å². The summed E-state index contributed by atoms with van der Waals surface area (Å²) in [4.78, 5) is 0. The number of hydrogen-bond donors (Lipinski definition) is 1. The van der Waals surface area contributed by atoms with E-state index in [-0.39, 0.29) is 0 Å². The van der Waals surface area contributed by atoms with Crippen molar-refractivity contribution in [3.63, 3.8) is 0 Å². The molecule has 3 heteroatoms. The fourth-order valence-corrected chi connectivity index (χ4v) is 2.84. The van der Waals surface area contributed by atoms with Gasteiger partial charge >= 0.3 is 0 Å². The lowest BCUT2D eigenvalue weighted by Gasteiger charge is -2.13. The largest absolute Gasteiger partial charge is 0.399 e. The highest BCUT2D eigenvalue weighted by atomic mass is 15.0. The topological polar surface area (TPSA) is 54.7 Å². The van der Waals surface area contributed by atoms with Crippen LogP contribution in [0.3, 0.4) is 0 Å². The lowest BCUT2D eigenvalue weighted by molar-refractivity contribution is 0.535. The van der Waals surface area contributed by atoms with Gasteiger partial charge in [0.25, 0.3) is 0 Å². The van der Waals surface area contributed by atoms with Crippen LogP contribution in [0.4, 0.5) is 5.69 Å². The maximum Gasteiger partial charge on any atom is 0.101 e. The Kier molecular flexibility index (Phi) is 2.29. The van der Waals surface area contributed by atoms with Gasteiger partial charge in [0.2, 0.25) is 0 Å². The highest BCUT2D eigenvalue weighted by molar-refractivity contribution is 5.88. The monoisotopic (exact) mass is 225 g/mol. The van der Waals surface area contributed by atoms with Crippen LogP contribution < -0.4 is 5.73 Å². The number of rotatable bonds is 1. The molecule has 1 aromatic heterocycles. The molecule has 17 heavy (non-hydrogen) atoms. The molecular weight excluding hydrogens is 210 g/mol. The molecule has 86 valence electrons. The third kappa shape index (κ3) is 1.57. The van der Waals surface area contributed by atoms with E-state index in [1.165, 1.54) is 25.7 Å². The SMILES string of the molecule is N#Cc1cn(C2CCCC2)c2cc(N)ccc12. The van der Waals surface area contributed by atoms with Crippen LogP contribution in [0.5, 0.6) is 0 Å². The molecule has 1 aromatic carbocycles. The number of nitrogen functional groups attached to an aromatic ring is 1. The Morgan fingerprint density at radius 3 is 2.76 bits per heavy atom. The Bertz CT molecular complexity index is 598. The molecule has 0 amide bonds. The average Bonchev–Trinajstić information content (AvgIpc) is 2.94. The number of benzene rings is 1. The first kappa shape index (κ1) is 10.2. The molecule has 3 nitrogen and oxygen atoms in total. The van der Waals surface area contributed by atoms with Crippen molar-refractivity contribution in [2.24, 2.45) is 0 Å². The fourth-order valence-electron chi connectivity index (χ4n) is 2.84. The average molecular weight is 225 g/mol. The molecule has 1 aliphatic carbocycles. The van der Waals surface area contributed by atoms with E-state index in [4.69, 9.17) is 11.0 Å². The second kappa shape index (κ2) is 3.81. The minimum Gasteiger partial charge on any atom is -0.399 e. The van der Waals surface area contributed by atoms with Crippen molar-refractivity contribution in [1.82, 2.24) is 4.57 Å². The number of aromatic nitrogens is 1. The second-order valence-corrected chi connectivity index (χ2v) is 4.78. The Morgan fingerprint density at radius 1 is 1.29 bits per heavy atom. The summed E-state index contributed by atoms with van der Waals surface area (Å²) in [5, 5.41) is 10.2. The maximum atomic E-state index is 9.17. The molecule has 3 rings (SSSR count). The lowest BCUT2D eigenvalue weighted by atomic mass is 10.2. The van der Waals surface area contributed by atoms with Crippen molar-refractivity contribution in [2.75, 3.05) is 5.73 Å². The molecule has 2 aromatic rings. The fraction of sp³-hybridized carbons (Fsp3) is 0.357. The van der Waals surface area contributed by atoms with Gasteiger partial charge < -0.3 is 10.3 Å². The number of nitrogens with two attached hydrogens (primary N) is 1. The molecule has 0 saturated heterocycles. The standard InChI is InChI=1S/C14H15N3/c15-8-10-9-17(12-3-1-2-4-12)14-7-11(16)5-6-13(10)14/h5-7,9,12H,1-4,16H2. The van der Waals surface area contributed by atoms with Crippen LogP contribution in [0.1, 0.15) is 37.3 Å². The molecular formula is C14H15N3. The summed E-state index contributed by atoms with van der Waals surface area (Å²) in [6.07, 6.45) is 6.98. The van der Waals surface area contributed by atoms with Gasteiger partial charge in [-0.3, -0.25) is 0 Å². The first-order chi connectivity index (χ1) is 8.29. The van der Waals surface area contributed by atoms with Crippen molar-refractivity contribution in [1.29, 1.82) is 5.26 Å². The molecule has 0 unspecified atom stereocenters.